The van der Waals surface area contributed by atoms with E-state index in [1.165, 1.54) is 74.5 Å². The van der Waals surface area contributed by atoms with Crippen LogP contribution in [0.2, 0.25) is 0 Å². The van der Waals surface area contributed by atoms with Crippen molar-refractivity contribution in [1.29, 1.82) is 0 Å². The fraction of sp³-hybridized carbons (Fsp3) is 0.0233. The molecule has 2 aromatic heterocycles. The van der Waals surface area contributed by atoms with E-state index in [0.717, 1.165) is 16.9 Å². The maximum Gasteiger partial charge on any atom is 0.0541 e. The average molecular weight is 592 g/mol. The number of thiophene rings is 1. The van der Waals surface area contributed by atoms with Gasteiger partial charge in [0.25, 0.3) is 0 Å². The summed E-state index contributed by atoms with van der Waals surface area (Å²) >= 11 is 1.86. The van der Waals surface area contributed by atoms with Gasteiger partial charge in [0.2, 0.25) is 0 Å². The lowest BCUT2D eigenvalue weighted by molar-refractivity contribution is 1.11. The molecule has 9 rings (SSSR count). The molecular formula is C43H29NS. The Kier molecular flexibility index (Phi) is 5.81. The van der Waals surface area contributed by atoms with Gasteiger partial charge in [-0.2, -0.15) is 0 Å². The first-order valence-electron chi connectivity index (χ1n) is 15.4. The molecule has 0 saturated heterocycles. The normalized spacial score (nSPS) is 12.1. The summed E-state index contributed by atoms with van der Waals surface area (Å²) in [7, 11) is 0. The third-order valence-corrected chi connectivity index (χ3v) is 10.4. The molecule has 0 N–H and O–H groups in total. The highest BCUT2D eigenvalue weighted by atomic mass is 32.1. The van der Waals surface area contributed by atoms with Gasteiger partial charge in [-0.15, -0.1) is 11.3 Å². The zero-order chi connectivity index (χ0) is 30.1. The predicted molar refractivity (Wildman–Crippen MR) is 199 cm³/mol. The number of fused-ring (bicyclic) bond motifs is 10. The molecule has 0 radical (unpaired) electrons. The second kappa shape index (κ2) is 10.1. The van der Waals surface area contributed by atoms with Crippen LogP contribution in [-0.2, 0) is 0 Å². The van der Waals surface area contributed by atoms with E-state index in [0.29, 0.717) is 0 Å². The zero-order valence-electron chi connectivity index (χ0n) is 24.9. The van der Waals surface area contributed by atoms with Crippen molar-refractivity contribution in [3.8, 4) is 16.8 Å². The van der Waals surface area contributed by atoms with Gasteiger partial charge in [-0.25, -0.2) is 0 Å². The summed E-state index contributed by atoms with van der Waals surface area (Å²) in [5.74, 6) is 0. The van der Waals surface area contributed by atoms with Gasteiger partial charge in [-0.05, 0) is 98.9 Å². The van der Waals surface area contributed by atoms with Crippen molar-refractivity contribution in [3.63, 3.8) is 0 Å². The summed E-state index contributed by atoms with van der Waals surface area (Å²) in [6.07, 6.45) is 6.34. The maximum atomic E-state index is 4.27. The maximum absolute atomic E-state index is 4.27. The van der Waals surface area contributed by atoms with Gasteiger partial charge in [-0.3, -0.25) is 0 Å². The standard InChI is InChI=1S/C43H29NS/c1-3-11-40-30(4-2)38-25-28(19-22-41(38)44(40)29-20-23-43-39(26-29)36-16-9-10-17-42(36)45-43)27-18-21-35-33-14-6-5-12-31(33)32-13-7-8-15-34(32)37(35)24-27/h3-26H,2H2,1H3/b11-3-. The molecule has 0 unspecified atom stereocenters. The molecular weight excluding hydrogens is 563 g/mol. The first-order valence-corrected chi connectivity index (χ1v) is 16.2. The van der Waals surface area contributed by atoms with Crippen LogP contribution in [0.4, 0.5) is 0 Å². The second-order valence-corrected chi connectivity index (χ2v) is 12.8. The summed E-state index contributed by atoms with van der Waals surface area (Å²) < 4.78 is 5.03. The van der Waals surface area contributed by atoms with Gasteiger partial charge >= 0.3 is 0 Å². The molecule has 1 nitrogen and oxygen atoms in total. The van der Waals surface area contributed by atoms with E-state index >= 15 is 0 Å². The zero-order valence-corrected chi connectivity index (χ0v) is 25.7. The molecule has 0 fully saturated rings. The Morgan fingerprint density at radius 3 is 1.80 bits per heavy atom. The number of hydrogen-bond acceptors (Lipinski definition) is 1. The largest absolute Gasteiger partial charge is 0.309 e. The Morgan fingerprint density at radius 1 is 0.533 bits per heavy atom. The molecule has 0 bridgehead atoms. The van der Waals surface area contributed by atoms with Crippen LogP contribution >= 0.6 is 11.3 Å². The smallest absolute Gasteiger partial charge is 0.0541 e. The Balaban J connectivity index is 1.28. The van der Waals surface area contributed by atoms with Gasteiger partial charge in [0.15, 0.2) is 0 Å². The molecule has 0 aliphatic rings. The van der Waals surface area contributed by atoms with E-state index in [1.54, 1.807) is 0 Å². The van der Waals surface area contributed by atoms with E-state index in [4.69, 9.17) is 0 Å². The van der Waals surface area contributed by atoms with Crippen LogP contribution in [0, 0.1) is 0 Å². The molecule has 0 amide bonds. The van der Waals surface area contributed by atoms with Gasteiger partial charge in [0.1, 0.15) is 0 Å². The topological polar surface area (TPSA) is 4.93 Å². The van der Waals surface area contributed by atoms with Crippen molar-refractivity contribution in [2.75, 3.05) is 0 Å². The van der Waals surface area contributed by atoms with Crippen molar-refractivity contribution >= 4 is 86.9 Å². The molecule has 0 aliphatic heterocycles. The van der Waals surface area contributed by atoms with Gasteiger partial charge < -0.3 is 4.57 Å². The predicted octanol–water partition coefficient (Wildman–Crippen LogP) is 12.8. The van der Waals surface area contributed by atoms with E-state index in [1.807, 2.05) is 17.4 Å². The first-order chi connectivity index (χ1) is 22.2. The molecule has 9 aromatic rings. The van der Waals surface area contributed by atoms with Gasteiger partial charge in [0, 0.05) is 36.8 Å². The third-order valence-electron chi connectivity index (χ3n) is 9.27. The van der Waals surface area contributed by atoms with E-state index < -0.39 is 0 Å². The molecule has 212 valence electrons. The summed E-state index contributed by atoms with van der Waals surface area (Å²) in [5.41, 5.74) is 7.05. The van der Waals surface area contributed by atoms with Crippen molar-refractivity contribution in [3.05, 3.63) is 151 Å². The van der Waals surface area contributed by atoms with E-state index in [-0.39, 0.29) is 0 Å². The third kappa shape index (κ3) is 3.86. The summed E-state index contributed by atoms with van der Waals surface area (Å²) in [4.78, 5) is 0. The summed E-state index contributed by atoms with van der Waals surface area (Å²) in [6, 6.07) is 47.0. The molecule has 45 heavy (non-hydrogen) atoms. The molecule has 0 atom stereocenters. The van der Waals surface area contributed by atoms with Crippen molar-refractivity contribution in [2.24, 2.45) is 0 Å². The minimum atomic E-state index is 1.15. The van der Waals surface area contributed by atoms with Crippen LogP contribution in [0.1, 0.15) is 18.2 Å². The number of aromatic nitrogens is 1. The number of rotatable bonds is 4. The monoisotopic (exact) mass is 591 g/mol. The van der Waals surface area contributed by atoms with E-state index in [9.17, 15) is 0 Å². The molecule has 0 spiro atoms. The molecule has 0 aliphatic carbocycles. The first kappa shape index (κ1) is 26.0. The average Bonchev–Trinajstić information content (AvgIpc) is 3.62. The van der Waals surface area contributed by atoms with Crippen LogP contribution in [0.25, 0.3) is 92.4 Å². The highest BCUT2D eigenvalue weighted by Crippen LogP contribution is 2.40. The highest BCUT2D eigenvalue weighted by molar-refractivity contribution is 7.25. The quantitative estimate of drug-likeness (QED) is 0.179. The molecule has 0 saturated carbocycles. The van der Waals surface area contributed by atoms with Gasteiger partial charge in [0.05, 0.1) is 11.2 Å². The minimum Gasteiger partial charge on any atom is -0.309 e. The van der Waals surface area contributed by atoms with Crippen molar-refractivity contribution in [1.82, 2.24) is 4.57 Å². The van der Waals surface area contributed by atoms with Crippen LogP contribution < -0.4 is 0 Å². The number of benzene rings is 7. The van der Waals surface area contributed by atoms with E-state index in [2.05, 4.69) is 158 Å². The Labute approximate surface area is 265 Å². The lowest BCUT2D eigenvalue weighted by Crippen LogP contribution is -1.97. The lowest BCUT2D eigenvalue weighted by atomic mass is 9.92. The van der Waals surface area contributed by atoms with Crippen molar-refractivity contribution < 1.29 is 0 Å². The Hall–Kier alpha value is -5.44. The van der Waals surface area contributed by atoms with Crippen LogP contribution in [-0.4, -0.2) is 4.57 Å². The molecule has 7 aromatic carbocycles. The number of allylic oxidation sites excluding steroid dienone is 1. The fourth-order valence-corrected chi connectivity index (χ4v) is 8.36. The highest BCUT2D eigenvalue weighted by Gasteiger charge is 2.18. The summed E-state index contributed by atoms with van der Waals surface area (Å²) in [6.45, 7) is 6.36. The van der Waals surface area contributed by atoms with Crippen LogP contribution in [0.3, 0.4) is 0 Å². The van der Waals surface area contributed by atoms with Crippen molar-refractivity contribution in [2.45, 2.75) is 6.92 Å². The summed E-state index contributed by atoms with van der Waals surface area (Å²) in [5, 5.41) is 11.6. The Morgan fingerprint density at radius 2 is 1.11 bits per heavy atom. The Bertz CT molecular complexity index is 2640. The number of nitrogens with zero attached hydrogens (tertiary/aromatic N) is 1. The lowest BCUT2D eigenvalue weighted by Gasteiger charge is -2.12. The van der Waals surface area contributed by atoms with Gasteiger partial charge in [-0.1, -0.05) is 104 Å². The molecule has 2 heteroatoms. The van der Waals surface area contributed by atoms with Crippen LogP contribution in [0.15, 0.2) is 140 Å². The second-order valence-electron chi connectivity index (χ2n) is 11.7. The van der Waals surface area contributed by atoms with Crippen LogP contribution in [0.5, 0.6) is 0 Å². The fourth-order valence-electron chi connectivity index (χ4n) is 7.27. The molecule has 2 heterocycles. The number of hydrogen-bond donors (Lipinski definition) is 0. The SMILES string of the molecule is C=Cc1c(/C=C\C)n(-c2ccc3sc4ccccc4c3c2)c2ccc(-c3ccc4c5ccccc5c5ccccc5c4c3)cc12. The minimum absolute atomic E-state index is 1.15.